The smallest absolute Gasteiger partial charge is 0.340 e. The fraction of sp³-hybridized carbons (Fsp3) is 0.188. The van der Waals surface area contributed by atoms with Crippen molar-refractivity contribution in [3.63, 3.8) is 0 Å². The van der Waals surface area contributed by atoms with Crippen LogP contribution < -0.4 is 4.90 Å². The maximum absolute atomic E-state index is 13.1. The minimum atomic E-state index is -0.707. The summed E-state index contributed by atoms with van der Waals surface area (Å²) < 4.78 is 18.2. The number of ether oxygens (including phenoxy) is 1. The van der Waals surface area contributed by atoms with Crippen molar-refractivity contribution in [3.05, 3.63) is 69.5 Å². The summed E-state index contributed by atoms with van der Waals surface area (Å²) in [4.78, 5) is 24.2. The lowest BCUT2D eigenvalue weighted by atomic mass is 10.1. The van der Waals surface area contributed by atoms with Crippen molar-refractivity contribution >= 4 is 17.3 Å². The Morgan fingerprint density at radius 1 is 1.26 bits per heavy atom. The predicted molar refractivity (Wildman–Crippen MR) is 82.9 cm³/mol. The zero-order chi connectivity index (χ0) is 17.0. The van der Waals surface area contributed by atoms with Gasteiger partial charge in [0.1, 0.15) is 12.4 Å². The van der Waals surface area contributed by atoms with Crippen LogP contribution in [-0.2, 0) is 11.3 Å². The zero-order valence-corrected chi connectivity index (χ0v) is 12.7. The molecule has 0 aromatic heterocycles. The van der Waals surface area contributed by atoms with Crippen molar-refractivity contribution < 1.29 is 18.8 Å². The number of nitro benzene ring substituents is 1. The van der Waals surface area contributed by atoms with Crippen molar-refractivity contribution in [1.29, 1.82) is 0 Å². The Balaban J connectivity index is 2.23. The van der Waals surface area contributed by atoms with Gasteiger partial charge in [0.2, 0.25) is 0 Å². The molecule has 0 aliphatic heterocycles. The molecule has 0 aliphatic rings. The van der Waals surface area contributed by atoms with Crippen LogP contribution in [0.2, 0.25) is 0 Å². The summed E-state index contributed by atoms with van der Waals surface area (Å²) >= 11 is 0. The second kappa shape index (κ2) is 6.87. The van der Waals surface area contributed by atoms with Crippen LogP contribution in [0.4, 0.5) is 15.8 Å². The zero-order valence-electron chi connectivity index (χ0n) is 12.7. The van der Waals surface area contributed by atoms with Crippen molar-refractivity contribution in [2.24, 2.45) is 0 Å². The quantitative estimate of drug-likeness (QED) is 0.481. The highest BCUT2D eigenvalue weighted by Crippen LogP contribution is 2.25. The molecule has 0 aliphatic carbocycles. The lowest BCUT2D eigenvalue weighted by Gasteiger charge is -2.16. The fourth-order valence-corrected chi connectivity index (χ4v) is 2.04. The van der Waals surface area contributed by atoms with Crippen LogP contribution in [-0.4, -0.2) is 25.0 Å². The van der Waals surface area contributed by atoms with Crippen LogP contribution in [0.3, 0.4) is 0 Å². The molecular weight excluding hydrogens is 303 g/mol. The average Bonchev–Trinajstić information content (AvgIpc) is 2.52. The molecule has 0 saturated carbocycles. The van der Waals surface area contributed by atoms with Gasteiger partial charge >= 0.3 is 5.97 Å². The van der Waals surface area contributed by atoms with Gasteiger partial charge in [-0.2, -0.15) is 0 Å². The molecular formula is C16H15FN2O4. The van der Waals surface area contributed by atoms with E-state index in [4.69, 9.17) is 4.74 Å². The van der Waals surface area contributed by atoms with Crippen LogP contribution in [0.1, 0.15) is 15.9 Å². The third-order valence-corrected chi connectivity index (χ3v) is 3.15. The Morgan fingerprint density at radius 3 is 2.61 bits per heavy atom. The highest BCUT2D eigenvalue weighted by molar-refractivity contribution is 5.96. The molecule has 0 unspecified atom stereocenters. The summed E-state index contributed by atoms with van der Waals surface area (Å²) in [5.74, 6) is -1.13. The number of esters is 1. The second-order valence-electron chi connectivity index (χ2n) is 5.06. The Labute approximate surface area is 132 Å². The SMILES string of the molecule is CN(C)c1ccc([N+](=O)[O-])cc1C(=O)OCc1cccc(F)c1. The number of carbonyl (C=O) groups excluding carboxylic acids is 1. The van der Waals surface area contributed by atoms with Crippen molar-refractivity contribution in [2.45, 2.75) is 6.61 Å². The van der Waals surface area contributed by atoms with Crippen LogP contribution in [0.5, 0.6) is 0 Å². The first-order valence-corrected chi connectivity index (χ1v) is 6.76. The summed E-state index contributed by atoms with van der Waals surface area (Å²) in [5.41, 5.74) is 0.879. The Kier molecular flexibility index (Phi) is 4.90. The summed E-state index contributed by atoms with van der Waals surface area (Å²) in [7, 11) is 3.43. The number of rotatable bonds is 5. The molecule has 0 bridgehead atoms. The van der Waals surface area contributed by atoms with E-state index in [0.717, 1.165) is 0 Å². The number of hydrogen-bond donors (Lipinski definition) is 0. The molecule has 0 spiro atoms. The Hall–Kier alpha value is -2.96. The second-order valence-corrected chi connectivity index (χ2v) is 5.06. The molecule has 0 radical (unpaired) electrons. The number of benzene rings is 2. The molecule has 0 saturated heterocycles. The minimum Gasteiger partial charge on any atom is -0.457 e. The van der Waals surface area contributed by atoms with E-state index in [0.29, 0.717) is 11.3 Å². The van der Waals surface area contributed by atoms with E-state index in [1.165, 1.54) is 36.4 Å². The van der Waals surface area contributed by atoms with Gasteiger partial charge < -0.3 is 9.64 Å². The maximum Gasteiger partial charge on any atom is 0.340 e. The number of non-ortho nitro benzene ring substituents is 1. The van der Waals surface area contributed by atoms with Gasteiger partial charge in [0.05, 0.1) is 16.2 Å². The topological polar surface area (TPSA) is 72.7 Å². The molecule has 0 N–H and O–H groups in total. The fourth-order valence-electron chi connectivity index (χ4n) is 2.04. The Morgan fingerprint density at radius 2 is 2.00 bits per heavy atom. The molecule has 0 fully saturated rings. The molecule has 0 heterocycles. The van der Waals surface area contributed by atoms with Gasteiger partial charge in [-0.3, -0.25) is 10.1 Å². The van der Waals surface area contributed by atoms with Gasteiger partial charge in [0.15, 0.2) is 0 Å². The number of carbonyl (C=O) groups is 1. The van der Waals surface area contributed by atoms with Crippen LogP contribution >= 0.6 is 0 Å². The predicted octanol–water partition coefficient (Wildman–Crippen LogP) is 3.16. The van der Waals surface area contributed by atoms with E-state index < -0.39 is 16.7 Å². The number of halogens is 1. The molecule has 2 rings (SSSR count). The van der Waals surface area contributed by atoms with Crippen LogP contribution in [0, 0.1) is 15.9 Å². The molecule has 120 valence electrons. The lowest BCUT2D eigenvalue weighted by molar-refractivity contribution is -0.384. The monoisotopic (exact) mass is 318 g/mol. The minimum absolute atomic E-state index is 0.0839. The summed E-state index contributed by atoms with van der Waals surface area (Å²) in [6.07, 6.45) is 0. The van der Waals surface area contributed by atoms with Gasteiger partial charge in [-0.15, -0.1) is 0 Å². The van der Waals surface area contributed by atoms with E-state index in [1.807, 2.05) is 0 Å². The van der Waals surface area contributed by atoms with Gasteiger partial charge in [-0.05, 0) is 23.8 Å². The first-order chi connectivity index (χ1) is 10.9. The van der Waals surface area contributed by atoms with E-state index in [2.05, 4.69) is 0 Å². The first-order valence-electron chi connectivity index (χ1n) is 6.76. The summed E-state index contributed by atoms with van der Waals surface area (Å²) in [6.45, 7) is -0.119. The summed E-state index contributed by atoms with van der Waals surface area (Å²) in [5, 5.41) is 10.9. The van der Waals surface area contributed by atoms with Crippen molar-refractivity contribution in [1.82, 2.24) is 0 Å². The third-order valence-electron chi connectivity index (χ3n) is 3.15. The standard InChI is InChI=1S/C16H15FN2O4/c1-18(2)15-7-6-13(19(21)22)9-14(15)16(20)23-10-11-4-3-5-12(17)8-11/h3-9H,10H2,1-2H3. The molecule has 6 nitrogen and oxygen atoms in total. The molecule has 23 heavy (non-hydrogen) atoms. The number of nitrogens with zero attached hydrogens (tertiary/aromatic N) is 2. The van der Waals surface area contributed by atoms with Gasteiger partial charge in [0.25, 0.3) is 5.69 Å². The normalized spacial score (nSPS) is 10.2. The molecule has 0 atom stereocenters. The van der Waals surface area contributed by atoms with E-state index >= 15 is 0 Å². The first kappa shape index (κ1) is 16.4. The molecule has 0 amide bonds. The third kappa shape index (κ3) is 4.03. The van der Waals surface area contributed by atoms with Gasteiger partial charge in [0, 0.05) is 26.2 Å². The van der Waals surface area contributed by atoms with Crippen LogP contribution in [0.25, 0.3) is 0 Å². The molecule has 2 aromatic carbocycles. The van der Waals surface area contributed by atoms with Crippen molar-refractivity contribution in [2.75, 3.05) is 19.0 Å². The maximum atomic E-state index is 13.1. The Bertz CT molecular complexity index is 747. The highest BCUT2D eigenvalue weighted by Gasteiger charge is 2.19. The van der Waals surface area contributed by atoms with Gasteiger partial charge in [-0.25, -0.2) is 9.18 Å². The number of hydrogen-bond acceptors (Lipinski definition) is 5. The van der Waals surface area contributed by atoms with E-state index in [9.17, 15) is 19.3 Å². The van der Waals surface area contributed by atoms with Crippen LogP contribution in [0.15, 0.2) is 42.5 Å². The van der Waals surface area contributed by atoms with Crippen molar-refractivity contribution in [3.8, 4) is 0 Å². The van der Waals surface area contributed by atoms with E-state index in [1.54, 1.807) is 25.1 Å². The average molecular weight is 318 g/mol. The lowest BCUT2D eigenvalue weighted by Crippen LogP contribution is -2.16. The van der Waals surface area contributed by atoms with E-state index in [-0.39, 0.29) is 17.9 Å². The largest absolute Gasteiger partial charge is 0.457 e. The highest BCUT2D eigenvalue weighted by atomic mass is 19.1. The molecule has 2 aromatic rings. The van der Waals surface area contributed by atoms with Gasteiger partial charge in [-0.1, -0.05) is 12.1 Å². The number of nitro groups is 1. The number of anilines is 1. The molecule has 7 heteroatoms. The summed E-state index contributed by atoms with van der Waals surface area (Å²) in [6, 6.07) is 9.65.